The fourth-order valence-corrected chi connectivity index (χ4v) is 6.34. The molecule has 0 amide bonds. The van der Waals surface area contributed by atoms with Crippen LogP contribution in [0, 0.1) is 6.92 Å². The van der Waals surface area contributed by atoms with Crippen molar-refractivity contribution in [1.29, 1.82) is 0 Å². The summed E-state index contributed by atoms with van der Waals surface area (Å²) < 4.78 is 1.76. The molecule has 42 heavy (non-hydrogen) atoms. The number of pyridine rings is 2. The van der Waals surface area contributed by atoms with Crippen LogP contribution in [0.2, 0.25) is 0 Å². The van der Waals surface area contributed by atoms with Gasteiger partial charge in [0.05, 0.1) is 17.3 Å². The molecule has 0 bridgehead atoms. The van der Waals surface area contributed by atoms with Gasteiger partial charge in [0, 0.05) is 57.6 Å². The van der Waals surface area contributed by atoms with Gasteiger partial charge in [-0.1, -0.05) is 37.1 Å². The van der Waals surface area contributed by atoms with E-state index in [4.69, 9.17) is 16.6 Å². The number of nitrogens with one attached hydrogen (secondary N) is 1. The maximum absolute atomic E-state index is 13.1. The summed E-state index contributed by atoms with van der Waals surface area (Å²) in [7, 11) is 0. The third kappa shape index (κ3) is 5.89. The molecular weight excluding hydrogens is 550 g/mol. The lowest BCUT2D eigenvalue weighted by atomic mass is 10.1. The van der Waals surface area contributed by atoms with Crippen LogP contribution in [-0.2, 0) is 12.4 Å². The number of hydrogen-bond donors (Lipinski definition) is 1. The third-order valence-electron chi connectivity index (χ3n) is 8.42. The summed E-state index contributed by atoms with van der Waals surface area (Å²) in [6.07, 6.45) is 5.87. The van der Waals surface area contributed by atoms with Crippen LogP contribution in [0.25, 0.3) is 11.0 Å². The Morgan fingerprint density at radius 1 is 1.00 bits per heavy atom. The van der Waals surface area contributed by atoms with E-state index in [0.717, 1.165) is 69.7 Å². The molecule has 4 heterocycles. The highest BCUT2D eigenvalue weighted by atomic mass is 35.5. The molecule has 1 saturated carbocycles. The minimum Gasteiger partial charge on any atom is -0.368 e. The molecule has 0 atom stereocenters. The number of ketones is 1. The molecule has 1 saturated heterocycles. The number of benzene rings is 1. The molecule has 0 unspecified atom stereocenters. The highest BCUT2D eigenvalue weighted by Gasteiger charge is 2.24. The van der Waals surface area contributed by atoms with Crippen LogP contribution in [0.3, 0.4) is 0 Å². The van der Waals surface area contributed by atoms with E-state index in [1.165, 1.54) is 12.5 Å². The quantitative estimate of drug-likeness (QED) is 0.210. The van der Waals surface area contributed by atoms with Gasteiger partial charge in [-0.05, 0) is 48.6 Å². The van der Waals surface area contributed by atoms with E-state index in [1.807, 2.05) is 25.3 Å². The van der Waals surface area contributed by atoms with Crippen molar-refractivity contribution in [3.05, 3.63) is 81.4 Å². The van der Waals surface area contributed by atoms with Crippen molar-refractivity contribution in [2.75, 3.05) is 36.4 Å². The van der Waals surface area contributed by atoms with Crippen molar-refractivity contribution >= 4 is 45.9 Å². The Balaban J connectivity index is 1.18. The Morgan fingerprint density at radius 3 is 2.36 bits per heavy atom. The van der Waals surface area contributed by atoms with Crippen molar-refractivity contribution in [2.45, 2.75) is 58.0 Å². The molecule has 1 aliphatic heterocycles. The average molecular weight is 586 g/mol. The van der Waals surface area contributed by atoms with Gasteiger partial charge in [0.2, 0.25) is 5.95 Å². The number of aryl methyl sites for hydroxylation is 1. The van der Waals surface area contributed by atoms with Crippen molar-refractivity contribution < 1.29 is 4.79 Å². The highest BCUT2D eigenvalue weighted by molar-refractivity contribution is 6.17. The summed E-state index contributed by atoms with van der Waals surface area (Å²) in [5, 5.41) is 3.83. The zero-order valence-electron chi connectivity index (χ0n) is 24.1. The van der Waals surface area contributed by atoms with Crippen LogP contribution in [0.15, 0.2) is 53.5 Å². The number of anilines is 3. The molecule has 6 rings (SSSR count). The summed E-state index contributed by atoms with van der Waals surface area (Å²) in [5.74, 6) is 1.21. The Hall–Kier alpha value is -3.82. The lowest BCUT2D eigenvalue weighted by Crippen LogP contribution is -2.46. The number of carbonyl (C=O) groups excluding carboxylic acids is 1. The summed E-state index contributed by atoms with van der Waals surface area (Å²) in [5.41, 5.74) is 4.96. The Morgan fingerprint density at radius 2 is 1.71 bits per heavy atom. The molecule has 0 radical (unpaired) electrons. The average Bonchev–Trinajstić information content (AvgIpc) is 3.52. The zero-order valence-corrected chi connectivity index (χ0v) is 24.9. The van der Waals surface area contributed by atoms with Gasteiger partial charge in [-0.3, -0.25) is 19.1 Å². The van der Waals surface area contributed by atoms with Crippen LogP contribution < -0.4 is 15.8 Å². The van der Waals surface area contributed by atoms with Crippen LogP contribution in [0.4, 0.5) is 17.5 Å². The number of alkyl halides is 1. The van der Waals surface area contributed by atoms with Gasteiger partial charge in [0.1, 0.15) is 17.2 Å². The van der Waals surface area contributed by atoms with Gasteiger partial charge < -0.3 is 10.2 Å². The molecule has 10 heteroatoms. The van der Waals surface area contributed by atoms with Gasteiger partial charge in [-0.2, -0.15) is 4.98 Å². The second-order valence-corrected chi connectivity index (χ2v) is 11.6. The molecule has 218 valence electrons. The Kier molecular flexibility index (Phi) is 8.22. The third-order valence-corrected chi connectivity index (χ3v) is 8.73. The van der Waals surface area contributed by atoms with E-state index in [1.54, 1.807) is 10.6 Å². The van der Waals surface area contributed by atoms with E-state index in [9.17, 15) is 9.59 Å². The van der Waals surface area contributed by atoms with E-state index in [-0.39, 0.29) is 23.3 Å². The first kappa shape index (κ1) is 28.3. The number of piperazine rings is 1. The fourth-order valence-electron chi connectivity index (χ4n) is 6.16. The number of aromatic nitrogens is 4. The topological polar surface area (TPSA) is 96.2 Å². The lowest BCUT2D eigenvalue weighted by molar-refractivity contribution is 0.101. The van der Waals surface area contributed by atoms with Crippen LogP contribution >= 0.6 is 11.6 Å². The van der Waals surface area contributed by atoms with Gasteiger partial charge in [-0.25, -0.2) is 9.97 Å². The summed E-state index contributed by atoms with van der Waals surface area (Å²) in [6, 6.07) is 14.1. The van der Waals surface area contributed by atoms with Crippen molar-refractivity contribution in [1.82, 2.24) is 24.4 Å². The number of fused-ring (bicyclic) bond motifs is 1. The minimum absolute atomic E-state index is 0.0810. The number of Topliss-reactive ketones (excluding diaryl/α,β-unsaturated/α-hetero) is 1. The summed E-state index contributed by atoms with van der Waals surface area (Å²) in [6.45, 7) is 8.05. The predicted molar refractivity (Wildman–Crippen MR) is 167 cm³/mol. The van der Waals surface area contributed by atoms with E-state index in [2.05, 4.69) is 49.4 Å². The molecule has 3 aromatic heterocycles. The molecule has 0 spiro atoms. The molecule has 4 aromatic rings. The van der Waals surface area contributed by atoms with Gasteiger partial charge in [-0.15, -0.1) is 11.6 Å². The largest absolute Gasteiger partial charge is 0.368 e. The maximum Gasteiger partial charge on any atom is 0.252 e. The molecule has 1 N–H and O–H groups in total. The van der Waals surface area contributed by atoms with Gasteiger partial charge in [0.15, 0.2) is 5.78 Å². The SMILES string of the molecule is CC(=O)c1nc(Nc2ccc(N3CCN(Cc4ccc(CCl)cc4)CC3)cn2)nc2c1c(C)cc(=O)n2C1CCCC1. The summed E-state index contributed by atoms with van der Waals surface area (Å²) >= 11 is 5.92. The first-order valence-electron chi connectivity index (χ1n) is 14.7. The van der Waals surface area contributed by atoms with Gasteiger partial charge in [0.25, 0.3) is 5.56 Å². The number of rotatable bonds is 8. The molecule has 1 aliphatic carbocycles. The first-order valence-corrected chi connectivity index (χ1v) is 15.2. The Bertz CT molecular complexity index is 1640. The number of nitrogens with zero attached hydrogens (tertiary/aromatic N) is 6. The smallest absolute Gasteiger partial charge is 0.252 e. The van der Waals surface area contributed by atoms with Crippen molar-refractivity contribution in [3.63, 3.8) is 0 Å². The predicted octanol–water partition coefficient (Wildman–Crippen LogP) is 5.62. The minimum atomic E-state index is -0.167. The van der Waals surface area contributed by atoms with Crippen LogP contribution in [-0.4, -0.2) is 56.4 Å². The van der Waals surface area contributed by atoms with Crippen molar-refractivity contribution in [2.24, 2.45) is 0 Å². The Labute approximate surface area is 250 Å². The summed E-state index contributed by atoms with van der Waals surface area (Å²) in [4.78, 5) is 44.5. The van der Waals surface area contributed by atoms with E-state index >= 15 is 0 Å². The monoisotopic (exact) mass is 585 g/mol. The zero-order chi connectivity index (χ0) is 29.2. The molecule has 2 fully saturated rings. The molecule has 1 aromatic carbocycles. The molecular formula is C32H36ClN7O2. The van der Waals surface area contributed by atoms with Crippen molar-refractivity contribution in [3.8, 4) is 0 Å². The fraction of sp³-hybridized carbons (Fsp3) is 0.406. The highest BCUT2D eigenvalue weighted by Crippen LogP contribution is 2.32. The number of hydrogen-bond acceptors (Lipinski definition) is 8. The van der Waals surface area contributed by atoms with E-state index in [0.29, 0.717) is 34.0 Å². The number of carbonyl (C=O) groups is 1. The lowest BCUT2D eigenvalue weighted by Gasteiger charge is -2.36. The second-order valence-electron chi connectivity index (χ2n) is 11.4. The second kappa shape index (κ2) is 12.2. The van der Waals surface area contributed by atoms with Crippen LogP contribution in [0.1, 0.15) is 65.8 Å². The van der Waals surface area contributed by atoms with Crippen LogP contribution in [0.5, 0.6) is 0 Å². The van der Waals surface area contributed by atoms with E-state index < -0.39 is 0 Å². The number of halogens is 1. The van der Waals surface area contributed by atoms with Gasteiger partial charge >= 0.3 is 0 Å². The molecule has 9 nitrogen and oxygen atoms in total. The molecule has 2 aliphatic rings. The normalized spacial score (nSPS) is 16.3. The standard InChI is InChI=1S/C32H36ClN7O2/c1-21-17-28(42)40(25-5-3-4-6-25)31-29(21)30(22(2)41)36-32(37-31)35-27-12-11-26(19-34-27)39-15-13-38(14-16-39)20-24-9-7-23(18-33)8-10-24/h7-12,17,19,25H,3-6,13-16,18,20H2,1-2H3,(H,34,35,36,37). The maximum atomic E-state index is 13.1. The first-order chi connectivity index (χ1) is 20.4.